The highest BCUT2D eigenvalue weighted by atomic mass is 16.5. The molecule has 0 unspecified atom stereocenters. The van der Waals surface area contributed by atoms with Crippen molar-refractivity contribution in [1.82, 2.24) is 10.2 Å². The number of nitrogens with zero attached hydrogens (tertiary/aromatic N) is 2. The van der Waals surface area contributed by atoms with E-state index in [1.165, 1.54) is 5.69 Å². The fourth-order valence-electron chi connectivity index (χ4n) is 4.24. The van der Waals surface area contributed by atoms with Crippen molar-refractivity contribution < 1.29 is 14.3 Å². The lowest BCUT2D eigenvalue weighted by Crippen LogP contribution is -2.46. The second kappa shape index (κ2) is 10.6. The van der Waals surface area contributed by atoms with Crippen LogP contribution < -0.4 is 19.7 Å². The van der Waals surface area contributed by atoms with E-state index in [1.807, 2.05) is 37.3 Å². The number of hydrogen-bond acceptors (Lipinski definition) is 5. The van der Waals surface area contributed by atoms with Gasteiger partial charge in [0.1, 0.15) is 18.1 Å². The molecule has 0 aromatic heterocycles. The summed E-state index contributed by atoms with van der Waals surface area (Å²) in [5, 5.41) is 3.05. The number of unbranched alkanes of at least 4 members (excludes halogenated alkanes) is 1. The Kier molecular flexibility index (Phi) is 7.32. The van der Waals surface area contributed by atoms with Crippen molar-refractivity contribution in [2.45, 2.75) is 19.8 Å². The molecule has 0 aliphatic carbocycles. The molecule has 6 nitrogen and oxygen atoms in total. The first-order valence-electron chi connectivity index (χ1n) is 11.5. The molecular weight excluding hydrogens is 402 g/mol. The van der Waals surface area contributed by atoms with E-state index < -0.39 is 0 Å². The average Bonchev–Trinajstić information content (AvgIpc) is 2.83. The van der Waals surface area contributed by atoms with Crippen molar-refractivity contribution in [1.29, 1.82) is 0 Å². The van der Waals surface area contributed by atoms with Crippen LogP contribution in [0.15, 0.2) is 48.0 Å². The molecule has 0 radical (unpaired) electrons. The Bertz CT molecular complexity index is 965. The second-order valence-electron chi connectivity index (χ2n) is 8.49. The van der Waals surface area contributed by atoms with Gasteiger partial charge in [-0.2, -0.15) is 0 Å². The van der Waals surface area contributed by atoms with Crippen molar-refractivity contribution in [3.05, 3.63) is 59.2 Å². The normalized spacial score (nSPS) is 16.1. The molecule has 170 valence electrons. The van der Waals surface area contributed by atoms with Gasteiger partial charge in [0.2, 0.25) is 0 Å². The molecule has 1 N–H and O–H groups in total. The number of methoxy groups -OCH3 is 1. The third kappa shape index (κ3) is 5.62. The summed E-state index contributed by atoms with van der Waals surface area (Å²) in [6.45, 7) is 8.32. The number of anilines is 1. The zero-order valence-corrected chi connectivity index (χ0v) is 19.1. The minimum atomic E-state index is -0.0240. The van der Waals surface area contributed by atoms with Crippen LogP contribution in [-0.4, -0.2) is 63.8 Å². The maximum Gasteiger partial charge on any atom is 0.250 e. The lowest BCUT2D eigenvalue weighted by atomic mass is 10.0. The van der Waals surface area contributed by atoms with Crippen LogP contribution in [0.1, 0.15) is 24.0 Å². The summed E-state index contributed by atoms with van der Waals surface area (Å²) in [5.41, 5.74) is 4.06. The number of carbonyl (C=O) groups is 1. The Balaban J connectivity index is 1.14. The summed E-state index contributed by atoms with van der Waals surface area (Å²) >= 11 is 0. The Labute approximate surface area is 190 Å². The number of carbonyl (C=O) groups excluding carboxylic acids is 1. The molecule has 0 atom stereocenters. The largest absolute Gasteiger partial charge is 0.497 e. The van der Waals surface area contributed by atoms with Crippen molar-refractivity contribution in [3.8, 4) is 11.5 Å². The summed E-state index contributed by atoms with van der Waals surface area (Å²) in [6.07, 6.45) is 4.01. The summed E-state index contributed by atoms with van der Waals surface area (Å²) in [4.78, 5) is 17.4. The third-order valence-electron chi connectivity index (χ3n) is 6.15. The van der Waals surface area contributed by atoms with E-state index in [-0.39, 0.29) is 5.91 Å². The maximum absolute atomic E-state index is 12.5. The molecule has 0 bridgehead atoms. The van der Waals surface area contributed by atoms with Crippen LogP contribution in [0.25, 0.3) is 6.08 Å². The van der Waals surface area contributed by atoms with E-state index >= 15 is 0 Å². The van der Waals surface area contributed by atoms with Gasteiger partial charge in [-0.3, -0.25) is 9.69 Å². The number of piperazine rings is 1. The number of amides is 1. The van der Waals surface area contributed by atoms with E-state index in [0.717, 1.165) is 68.2 Å². The van der Waals surface area contributed by atoms with Crippen molar-refractivity contribution in [2.24, 2.45) is 0 Å². The molecule has 6 heteroatoms. The van der Waals surface area contributed by atoms with Crippen LogP contribution in [0.3, 0.4) is 0 Å². The van der Waals surface area contributed by atoms with Crippen molar-refractivity contribution in [3.63, 3.8) is 0 Å². The fourth-order valence-corrected chi connectivity index (χ4v) is 4.24. The first-order valence-corrected chi connectivity index (χ1v) is 11.5. The Morgan fingerprint density at radius 2 is 1.94 bits per heavy atom. The monoisotopic (exact) mass is 435 g/mol. The fraction of sp³-hybridized carbons (Fsp3) is 0.423. The average molecular weight is 436 g/mol. The van der Waals surface area contributed by atoms with Crippen LogP contribution in [-0.2, 0) is 4.79 Å². The van der Waals surface area contributed by atoms with E-state index in [0.29, 0.717) is 18.7 Å². The molecule has 1 saturated heterocycles. The van der Waals surface area contributed by atoms with Gasteiger partial charge in [0.15, 0.2) is 0 Å². The zero-order valence-electron chi connectivity index (χ0n) is 19.1. The standard InChI is InChI=1S/C26H33N3O3/c1-20-8-9-25-21(16-20)17-22(19-32-25)26(30)27-10-3-4-11-28-12-14-29(15-13-28)23-6-5-7-24(18-23)31-2/h5-9,16-18H,3-4,10-15,19H2,1-2H3,(H,27,30). The first-order chi connectivity index (χ1) is 15.6. The Morgan fingerprint density at radius 1 is 1.09 bits per heavy atom. The van der Waals surface area contributed by atoms with Gasteiger partial charge in [-0.05, 0) is 56.7 Å². The van der Waals surface area contributed by atoms with Crippen LogP contribution in [0, 0.1) is 6.92 Å². The molecule has 2 aromatic carbocycles. The lowest BCUT2D eigenvalue weighted by molar-refractivity contribution is -0.117. The van der Waals surface area contributed by atoms with Crippen LogP contribution in [0.4, 0.5) is 5.69 Å². The van der Waals surface area contributed by atoms with Gasteiger partial charge in [-0.1, -0.05) is 17.7 Å². The van der Waals surface area contributed by atoms with Crippen LogP contribution in [0.2, 0.25) is 0 Å². The number of nitrogens with one attached hydrogen (secondary N) is 1. The molecule has 32 heavy (non-hydrogen) atoms. The summed E-state index contributed by atoms with van der Waals surface area (Å²) in [6, 6.07) is 14.3. The lowest BCUT2D eigenvalue weighted by Gasteiger charge is -2.36. The molecule has 0 saturated carbocycles. The van der Waals surface area contributed by atoms with Gasteiger partial charge in [-0.15, -0.1) is 0 Å². The molecule has 2 aliphatic heterocycles. The smallest absolute Gasteiger partial charge is 0.250 e. The number of hydrogen-bond donors (Lipinski definition) is 1. The molecule has 2 aliphatic rings. The highest BCUT2D eigenvalue weighted by Crippen LogP contribution is 2.27. The van der Waals surface area contributed by atoms with E-state index in [9.17, 15) is 4.79 Å². The van der Waals surface area contributed by atoms with Gasteiger partial charge < -0.3 is 19.7 Å². The molecule has 1 fully saturated rings. The van der Waals surface area contributed by atoms with Crippen LogP contribution in [0.5, 0.6) is 11.5 Å². The summed E-state index contributed by atoms with van der Waals surface area (Å²) < 4.78 is 11.1. The van der Waals surface area contributed by atoms with Gasteiger partial charge in [0, 0.05) is 50.0 Å². The Hall–Kier alpha value is -2.99. The maximum atomic E-state index is 12.5. The number of rotatable bonds is 8. The zero-order chi connectivity index (χ0) is 22.3. The minimum absolute atomic E-state index is 0.0240. The highest BCUT2D eigenvalue weighted by molar-refractivity contribution is 5.99. The van der Waals surface area contributed by atoms with Crippen molar-refractivity contribution >= 4 is 17.7 Å². The predicted octanol–water partition coefficient (Wildman–Crippen LogP) is 3.50. The molecule has 1 amide bonds. The molecule has 4 rings (SSSR count). The first kappa shape index (κ1) is 22.2. The summed E-state index contributed by atoms with van der Waals surface area (Å²) in [7, 11) is 1.71. The Morgan fingerprint density at radius 3 is 2.75 bits per heavy atom. The molecular formula is C26H33N3O3. The molecule has 2 heterocycles. The van der Waals surface area contributed by atoms with Gasteiger partial charge in [0.05, 0.1) is 12.7 Å². The van der Waals surface area contributed by atoms with Crippen LogP contribution >= 0.6 is 0 Å². The number of ether oxygens (including phenoxy) is 2. The van der Waals surface area contributed by atoms with Gasteiger partial charge >= 0.3 is 0 Å². The second-order valence-corrected chi connectivity index (χ2v) is 8.49. The topological polar surface area (TPSA) is 54.0 Å². The van der Waals surface area contributed by atoms with E-state index in [4.69, 9.17) is 9.47 Å². The third-order valence-corrected chi connectivity index (χ3v) is 6.15. The number of aryl methyl sites for hydroxylation is 1. The predicted molar refractivity (Wildman–Crippen MR) is 129 cm³/mol. The highest BCUT2D eigenvalue weighted by Gasteiger charge is 2.18. The van der Waals surface area contributed by atoms with E-state index in [2.05, 4.69) is 33.3 Å². The van der Waals surface area contributed by atoms with Crippen molar-refractivity contribution in [2.75, 3.05) is 57.9 Å². The molecule has 0 spiro atoms. The number of benzene rings is 2. The van der Waals surface area contributed by atoms with E-state index in [1.54, 1.807) is 7.11 Å². The molecule has 2 aromatic rings. The number of fused-ring (bicyclic) bond motifs is 1. The van der Waals surface area contributed by atoms with Gasteiger partial charge in [-0.25, -0.2) is 0 Å². The summed E-state index contributed by atoms with van der Waals surface area (Å²) in [5.74, 6) is 1.73. The quantitative estimate of drug-likeness (QED) is 0.644. The van der Waals surface area contributed by atoms with Gasteiger partial charge in [0.25, 0.3) is 5.91 Å². The SMILES string of the molecule is COc1cccc(N2CCN(CCCCNC(=O)C3=Cc4cc(C)ccc4OC3)CC2)c1. The minimum Gasteiger partial charge on any atom is -0.497 e.